The number of likely N-dealkylation sites (tertiary alicyclic amines) is 1. The van der Waals surface area contributed by atoms with Gasteiger partial charge in [-0.05, 0) is 74.2 Å². The van der Waals surface area contributed by atoms with Gasteiger partial charge in [0.25, 0.3) is 9.84 Å². The van der Waals surface area contributed by atoms with E-state index in [1.54, 1.807) is 0 Å². The van der Waals surface area contributed by atoms with Gasteiger partial charge in [-0.15, -0.1) is 0 Å². The number of benzene rings is 2. The molecule has 0 unspecified atom stereocenters. The standard InChI is InChI=1S/C22H23ClF4N2O3S/c1-12-7-15(4-5-20(12)33(30,31)22(25,26)27)32-21-17-8-13(24)9-18(23)16(17)10-19(21)29-6-2-3-14(28)11-29/h4-5,7-9,14,19,21H,2-3,6,10-11,28H2,1H3/t14-,19+,21+/m1/s1. The number of sulfone groups is 1. The molecule has 3 atom stereocenters. The second-order valence-corrected chi connectivity index (χ2v) is 10.9. The Bertz CT molecular complexity index is 1170. The van der Waals surface area contributed by atoms with Crippen molar-refractivity contribution in [3.05, 3.63) is 57.9 Å². The van der Waals surface area contributed by atoms with Gasteiger partial charge < -0.3 is 10.5 Å². The fourth-order valence-electron chi connectivity index (χ4n) is 4.69. The van der Waals surface area contributed by atoms with Crippen LogP contribution in [-0.2, 0) is 16.3 Å². The smallest absolute Gasteiger partial charge is 0.484 e. The van der Waals surface area contributed by atoms with Crippen LogP contribution in [-0.4, -0.2) is 44.0 Å². The van der Waals surface area contributed by atoms with Crippen LogP contribution in [0.5, 0.6) is 5.75 Å². The molecule has 2 aromatic carbocycles. The number of hydrogen-bond acceptors (Lipinski definition) is 5. The van der Waals surface area contributed by atoms with Crippen LogP contribution < -0.4 is 10.5 Å². The number of fused-ring (bicyclic) bond motifs is 1. The van der Waals surface area contributed by atoms with Crippen LogP contribution in [0.3, 0.4) is 0 Å². The van der Waals surface area contributed by atoms with E-state index in [1.807, 2.05) is 0 Å². The van der Waals surface area contributed by atoms with E-state index in [0.717, 1.165) is 31.0 Å². The summed E-state index contributed by atoms with van der Waals surface area (Å²) in [5, 5.41) is 0.283. The van der Waals surface area contributed by atoms with Crippen LogP contribution in [0.25, 0.3) is 0 Å². The summed E-state index contributed by atoms with van der Waals surface area (Å²) in [6.45, 7) is 2.67. The number of nitrogens with zero attached hydrogens (tertiary/aromatic N) is 1. The minimum atomic E-state index is -5.49. The molecule has 1 aliphatic carbocycles. The van der Waals surface area contributed by atoms with Crippen LogP contribution in [0.4, 0.5) is 17.6 Å². The monoisotopic (exact) mass is 506 g/mol. The molecule has 5 nitrogen and oxygen atoms in total. The van der Waals surface area contributed by atoms with Crippen molar-refractivity contribution in [1.82, 2.24) is 4.90 Å². The van der Waals surface area contributed by atoms with E-state index in [-0.39, 0.29) is 28.4 Å². The molecule has 2 aliphatic rings. The van der Waals surface area contributed by atoms with Crippen molar-refractivity contribution in [2.75, 3.05) is 13.1 Å². The zero-order valence-electron chi connectivity index (χ0n) is 17.7. The third kappa shape index (κ3) is 4.58. The third-order valence-electron chi connectivity index (χ3n) is 6.23. The number of hydrogen-bond donors (Lipinski definition) is 1. The van der Waals surface area contributed by atoms with E-state index in [2.05, 4.69) is 4.90 Å². The van der Waals surface area contributed by atoms with Gasteiger partial charge in [0.05, 0.1) is 10.9 Å². The van der Waals surface area contributed by atoms with Crippen molar-refractivity contribution in [2.45, 2.75) is 54.8 Å². The largest absolute Gasteiger partial charge is 0.501 e. The predicted molar refractivity (Wildman–Crippen MR) is 115 cm³/mol. The molecule has 1 heterocycles. The highest BCUT2D eigenvalue weighted by Crippen LogP contribution is 2.43. The zero-order chi connectivity index (χ0) is 24.1. The van der Waals surface area contributed by atoms with Gasteiger partial charge in [-0.2, -0.15) is 13.2 Å². The maximum Gasteiger partial charge on any atom is 0.501 e. The van der Waals surface area contributed by atoms with Crippen molar-refractivity contribution < 1.29 is 30.7 Å². The number of ether oxygens (including phenoxy) is 1. The van der Waals surface area contributed by atoms with E-state index in [0.29, 0.717) is 18.5 Å². The van der Waals surface area contributed by atoms with E-state index in [4.69, 9.17) is 22.1 Å². The molecule has 4 rings (SSSR count). The molecule has 0 saturated carbocycles. The normalized spacial score (nSPS) is 24.0. The number of nitrogens with two attached hydrogens (primary N) is 1. The number of aryl methyl sites for hydroxylation is 1. The average molecular weight is 507 g/mol. The molecule has 0 radical (unpaired) electrons. The van der Waals surface area contributed by atoms with Crippen LogP contribution in [0, 0.1) is 12.7 Å². The summed E-state index contributed by atoms with van der Waals surface area (Å²) in [5.74, 6) is -0.343. The first kappa shape index (κ1) is 24.3. The van der Waals surface area contributed by atoms with Gasteiger partial charge in [0.2, 0.25) is 0 Å². The summed E-state index contributed by atoms with van der Waals surface area (Å²) in [7, 11) is -5.49. The molecule has 1 aliphatic heterocycles. The van der Waals surface area contributed by atoms with Crippen LogP contribution in [0.2, 0.25) is 5.02 Å². The Hall–Kier alpha value is -1.88. The molecule has 33 heavy (non-hydrogen) atoms. The van der Waals surface area contributed by atoms with Crippen molar-refractivity contribution in [2.24, 2.45) is 5.73 Å². The number of halogens is 5. The van der Waals surface area contributed by atoms with Gasteiger partial charge >= 0.3 is 5.51 Å². The first-order chi connectivity index (χ1) is 15.4. The molecule has 1 saturated heterocycles. The fourth-order valence-corrected chi connectivity index (χ4v) is 5.96. The Labute approximate surface area is 194 Å². The van der Waals surface area contributed by atoms with Crippen LogP contribution >= 0.6 is 11.6 Å². The fraction of sp³-hybridized carbons (Fsp3) is 0.455. The summed E-state index contributed by atoms with van der Waals surface area (Å²) in [4.78, 5) is 1.34. The van der Waals surface area contributed by atoms with Gasteiger partial charge in [-0.25, -0.2) is 12.8 Å². The van der Waals surface area contributed by atoms with Gasteiger partial charge in [-0.3, -0.25) is 4.90 Å². The maximum atomic E-state index is 14.2. The molecule has 0 amide bonds. The van der Waals surface area contributed by atoms with Crippen LogP contribution in [0.15, 0.2) is 35.2 Å². The molecular formula is C22H23ClF4N2O3S. The molecule has 2 N–H and O–H groups in total. The van der Waals surface area contributed by atoms with Gasteiger partial charge in [0.15, 0.2) is 0 Å². The lowest BCUT2D eigenvalue weighted by atomic mass is 10.0. The summed E-state index contributed by atoms with van der Waals surface area (Å²) in [6.07, 6.45) is 1.64. The highest BCUT2D eigenvalue weighted by Gasteiger charge is 2.47. The lowest BCUT2D eigenvalue weighted by Gasteiger charge is -2.38. The predicted octanol–water partition coefficient (Wildman–Crippen LogP) is 4.55. The first-order valence-electron chi connectivity index (χ1n) is 10.4. The molecule has 0 aromatic heterocycles. The van der Waals surface area contributed by atoms with Crippen molar-refractivity contribution >= 4 is 21.4 Å². The Morgan fingerprint density at radius 3 is 2.58 bits per heavy atom. The van der Waals surface area contributed by atoms with Crippen LogP contribution in [0.1, 0.15) is 35.6 Å². The van der Waals surface area contributed by atoms with Crippen molar-refractivity contribution in [3.8, 4) is 5.75 Å². The maximum absolute atomic E-state index is 14.2. The Kier molecular flexibility index (Phi) is 6.41. The van der Waals surface area contributed by atoms with Gasteiger partial charge in [0, 0.05) is 23.2 Å². The number of alkyl halides is 3. The summed E-state index contributed by atoms with van der Waals surface area (Å²) in [5.41, 5.74) is 1.95. The lowest BCUT2D eigenvalue weighted by molar-refractivity contribution is -0.0436. The van der Waals surface area contributed by atoms with Crippen molar-refractivity contribution in [1.29, 1.82) is 0 Å². The Morgan fingerprint density at radius 1 is 1.21 bits per heavy atom. The minimum Gasteiger partial charge on any atom is -0.484 e. The summed E-state index contributed by atoms with van der Waals surface area (Å²) in [6, 6.07) is 5.69. The summed E-state index contributed by atoms with van der Waals surface area (Å²) < 4.78 is 82.9. The highest BCUT2D eigenvalue weighted by molar-refractivity contribution is 7.92. The minimum absolute atomic E-state index is 0.00979. The second-order valence-electron chi connectivity index (χ2n) is 8.54. The average Bonchev–Trinajstić information content (AvgIpc) is 3.05. The quantitative estimate of drug-likeness (QED) is 0.616. The van der Waals surface area contributed by atoms with Gasteiger partial charge in [-0.1, -0.05) is 11.6 Å². The summed E-state index contributed by atoms with van der Waals surface area (Å²) >= 11 is 6.30. The molecule has 180 valence electrons. The highest BCUT2D eigenvalue weighted by atomic mass is 35.5. The van der Waals surface area contributed by atoms with Gasteiger partial charge in [0.1, 0.15) is 17.7 Å². The van der Waals surface area contributed by atoms with E-state index >= 15 is 0 Å². The van der Waals surface area contributed by atoms with E-state index < -0.39 is 32.2 Å². The Balaban J connectivity index is 1.69. The molecule has 0 bridgehead atoms. The molecule has 11 heteroatoms. The van der Waals surface area contributed by atoms with E-state index in [9.17, 15) is 26.0 Å². The number of rotatable bonds is 4. The number of piperidine rings is 1. The molecule has 2 aromatic rings. The van der Waals surface area contributed by atoms with E-state index in [1.165, 1.54) is 31.2 Å². The zero-order valence-corrected chi connectivity index (χ0v) is 19.3. The topological polar surface area (TPSA) is 72.6 Å². The molecular weight excluding hydrogens is 484 g/mol. The second kappa shape index (κ2) is 8.72. The third-order valence-corrected chi connectivity index (χ3v) is 8.21. The Morgan fingerprint density at radius 2 is 1.94 bits per heavy atom. The van der Waals surface area contributed by atoms with Crippen molar-refractivity contribution in [3.63, 3.8) is 0 Å². The lowest BCUT2D eigenvalue weighted by Crippen LogP contribution is -2.49. The SMILES string of the molecule is Cc1cc(O[C@H]2c3cc(F)cc(Cl)c3C[C@@H]2N2CCC[C@@H](N)C2)ccc1S(=O)(=O)C(F)(F)F. The first-order valence-corrected chi connectivity index (χ1v) is 12.3. The molecule has 0 spiro atoms. The molecule has 1 fully saturated rings.